The van der Waals surface area contributed by atoms with Gasteiger partial charge in [-0.1, -0.05) is 20.3 Å². The summed E-state index contributed by atoms with van der Waals surface area (Å²) >= 11 is 1.57. The molecule has 0 radical (unpaired) electrons. The van der Waals surface area contributed by atoms with Crippen molar-refractivity contribution >= 4 is 17.2 Å². The predicted octanol–water partition coefficient (Wildman–Crippen LogP) is 3.27. The van der Waals surface area contributed by atoms with Crippen molar-refractivity contribution < 1.29 is 4.79 Å². The van der Waals surface area contributed by atoms with E-state index < -0.39 is 0 Å². The van der Waals surface area contributed by atoms with Crippen LogP contribution in [0.5, 0.6) is 0 Å². The van der Waals surface area contributed by atoms with Gasteiger partial charge >= 0.3 is 0 Å². The summed E-state index contributed by atoms with van der Waals surface area (Å²) in [5, 5.41) is 1.07. The second-order valence-electron chi connectivity index (χ2n) is 7.07. The molecule has 1 amide bonds. The molecule has 122 valence electrons. The third-order valence-corrected chi connectivity index (χ3v) is 6.42. The molecule has 1 aromatic rings. The average Bonchev–Trinajstić information content (AvgIpc) is 2.81. The first kappa shape index (κ1) is 15.9. The van der Waals surface area contributed by atoms with Gasteiger partial charge in [0, 0.05) is 31.1 Å². The molecule has 3 rings (SSSR count). The van der Waals surface area contributed by atoms with Gasteiger partial charge in [-0.05, 0) is 33.2 Å². The maximum Gasteiger partial charge on any atom is 0.265 e. The number of likely N-dealkylation sites (tertiary alicyclic amines) is 2. The first-order valence-corrected chi connectivity index (χ1v) is 9.31. The van der Waals surface area contributed by atoms with Crippen LogP contribution in [0.15, 0.2) is 0 Å². The van der Waals surface area contributed by atoms with Crippen LogP contribution in [0.25, 0.3) is 0 Å². The first-order chi connectivity index (χ1) is 10.5. The molecule has 0 aliphatic carbocycles. The lowest BCUT2D eigenvalue weighted by Gasteiger charge is -2.49. The molecule has 1 unspecified atom stereocenters. The van der Waals surface area contributed by atoms with Gasteiger partial charge in [0.05, 0.1) is 10.7 Å². The van der Waals surface area contributed by atoms with Gasteiger partial charge in [0.15, 0.2) is 0 Å². The minimum absolute atomic E-state index is 0.183. The van der Waals surface area contributed by atoms with E-state index in [9.17, 15) is 4.79 Å². The molecular formula is C17H27N3OS. The van der Waals surface area contributed by atoms with Gasteiger partial charge in [-0.2, -0.15) is 0 Å². The van der Waals surface area contributed by atoms with Crippen molar-refractivity contribution in [1.29, 1.82) is 0 Å². The number of thiazole rings is 1. The van der Waals surface area contributed by atoms with Gasteiger partial charge in [-0.3, -0.25) is 9.69 Å². The number of hydrogen-bond acceptors (Lipinski definition) is 4. The molecule has 0 N–H and O–H groups in total. The molecule has 0 saturated carbocycles. The second-order valence-corrected chi connectivity index (χ2v) is 8.10. The van der Waals surface area contributed by atoms with Crippen LogP contribution in [0.4, 0.5) is 0 Å². The topological polar surface area (TPSA) is 36.4 Å². The van der Waals surface area contributed by atoms with Gasteiger partial charge in [-0.25, -0.2) is 4.98 Å². The normalized spacial score (nSPS) is 23.9. The van der Waals surface area contributed by atoms with Gasteiger partial charge in [0.1, 0.15) is 4.88 Å². The fourth-order valence-electron chi connectivity index (χ4n) is 3.50. The lowest BCUT2D eigenvalue weighted by Crippen LogP contribution is -2.63. The van der Waals surface area contributed by atoms with E-state index in [0.717, 1.165) is 28.7 Å². The fourth-order valence-corrected chi connectivity index (χ4v) is 4.54. The SMILES string of the molecule is Cc1nc(C(C)C)sc1C(=O)N1CC(N2CCCCC2C)C1. The van der Waals surface area contributed by atoms with Crippen LogP contribution in [0.2, 0.25) is 0 Å². The number of rotatable bonds is 3. The van der Waals surface area contributed by atoms with Gasteiger partial charge < -0.3 is 4.90 Å². The summed E-state index contributed by atoms with van der Waals surface area (Å²) in [6.45, 7) is 11.5. The molecule has 22 heavy (non-hydrogen) atoms. The lowest BCUT2D eigenvalue weighted by molar-refractivity contribution is 0.00234. The molecule has 0 aromatic carbocycles. The van der Waals surface area contributed by atoms with Gasteiger partial charge in [0.2, 0.25) is 0 Å². The quantitative estimate of drug-likeness (QED) is 0.857. The van der Waals surface area contributed by atoms with Crippen LogP contribution >= 0.6 is 11.3 Å². The van der Waals surface area contributed by atoms with Crippen LogP contribution in [0.3, 0.4) is 0 Å². The summed E-state index contributed by atoms with van der Waals surface area (Å²) in [5.41, 5.74) is 0.897. The van der Waals surface area contributed by atoms with E-state index in [4.69, 9.17) is 0 Å². The number of carbonyl (C=O) groups excluding carboxylic acids is 1. The number of piperidine rings is 1. The van der Waals surface area contributed by atoms with Crippen molar-refractivity contribution in [3.63, 3.8) is 0 Å². The van der Waals surface area contributed by atoms with Crippen molar-refractivity contribution in [2.45, 2.75) is 65.0 Å². The Kier molecular flexibility index (Phi) is 4.55. The molecule has 0 bridgehead atoms. The zero-order chi connectivity index (χ0) is 15.9. The Balaban J connectivity index is 1.61. The minimum atomic E-state index is 0.183. The summed E-state index contributed by atoms with van der Waals surface area (Å²) in [5.74, 6) is 0.575. The third-order valence-electron chi connectivity index (χ3n) is 4.97. The van der Waals surface area contributed by atoms with Crippen molar-refractivity contribution in [2.75, 3.05) is 19.6 Å². The highest BCUT2D eigenvalue weighted by atomic mass is 32.1. The summed E-state index contributed by atoms with van der Waals surface area (Å²) < 4.78 is 0. The van der Waals surface area contributed by atoms with Crippen molar-refractivity contribution in [3.8, 4) is 0 Å². The number of amides is 1. The zero-order valence-electron chi connectivity index (χ0n) is 14.1. The molecule has 5 heteroatoms. The smallest absolute Gasteiger partial charge is 0.265 e. The fraction of sp³-hybridized carbons (Fsp3) is 0.765. The highest BCUT2D eigenvalue weighted by Gasteiger charge is 2.38. The molecular weight excluding hydrogens is 294 g/mol. The Morgan fingerprint density at radius 3 is 2.64 bits per heavy atom. The Labute approximate surface area is 137 Å². The Morgan fingerprint density at radius 2 is 2.05 bits per heavy atom. The molecule has 1 atom stereocenters. The highest BCUT2D eigenvalue weighted by Crippen LogP contribution is 2.29. The summed E-state index contributed by atoms with van der Waals surface area (Å²) in [6, 6.07) is 1.24. The average molecular weight is 321 g/mol. The van der Waals surface area contributed by atoms with Crippen LogP contribution in [-0.4, -0.2) is 52.4 Å². The number of carbonyl (C=O) groups is 1. The predicted molar refractivity (Wildman–Crippen MR) is 90.7 cm³/mol. The van der Waals surface area contributed by atoms with E-state index in [0.29, 0.717) is 18.0 Å². The lowest BCUT2D eigenvalue weighted by atomic mass is 9.97. The van der Waals surface area contributed by atoms with Gasteiger partial charge in [0.25, 0.3) is 5.91 Å². The van der Waals surface area contributed by atoms with Gasteiger partial charge in [-0.15, -0.1) is 11.3 Å². The zero-order valence-corrected chi connectivity index (χ0v) is 14.9. The number of hydrogen-bond donors (Lipinski definition) is 0. The maximum atomic E-state index is 12.7. The first-order valence-electron chi connectivity index (χ1n) is 8.49. The largest absolute Gasteiger partial charge is 0.335 e. The Morgan fingerprint density at radius 1 is 1.32 bits per heavy atom. The number of aryl methyl sites for hydroxylation is 1. The number of nitrogens with zero attached hydrogens (tertiary/aromatic N) is 3. The molecule has 4 nitrogen and oxygen atoms in total. The van der Waals surface area contributed by atoms with E-state index in [2.05, 4.69) is 30.7 Å². The van der Waals surface area contributed by atoms with Crippen LogP contribution < -0.4 is 0 Å². The third kappa shape index (κ3) is 2.93. The van der Waals surface area contributed by atoms with Crippen LogP contribution in [-0.2, 0) is 0 Å². The Bertz CT molecular complexity index is 548. The van der Waals surface area contributed by atoms with E-state index in [1.54, 1.807) is 11.3 Å². The standard InChI is InChI=1S/C17H27N3OS/c1-11(2)16-18-13(4)15(22-16)17(21)19-9-14(10-19)20-8-6-5-7-12(20)3/h11-12,14H,5-10H2,1-4H3. The maximum absolute atomic E-state index is 12.7. The van der Waals surface area contributed by atoms with E-state index in [1.165, 1.54) is 25.8 Å². The van der Waals surface area contributed by atoms with Crippen molar-refractivity contribution in [2.24, 2.45) is 0 Å². The van der Waals surface area contributed by atoms with E-state index >= 15 is 0 Å². The van der Waals surface area contributed by atoms with Crippen molar-refractivity contribution in [3.05, 3.63) is 15.6 Å². The summed E-state index contributed by atoms with van der Waals surface area (Å²) in [4.78, 5) is 22.7. The molecule has 2 aliphatic heterocycles. The van der Waals surface area contributed by atoms with E-state index in [-0.39, 0.29) is 5.91 Å². The summed E-state index contributed by atoms with van der Waals surface area (Å²) in [6.07, 6.45) is 3.96. The second kappa shape index (κ2) is 6.28. The minimum Gasteiger partial charge on any atom is -0.335 e. The molecule has 0 spiro atoms. The molecule has 3 heterocycles. The molecule has 2 saturated heterocycles. The molecule has 2 fully saturated rings. The van der Waals surface area contributed by atoms with Crippen LogP contribution in [0, 0.1) is 6.92 Å². The monoisotopic (exact) mass is 321 g/mol. The highest BCUT2D eigenvalue weighted by molar-refractivity contribution is 7.13. The summed E-state index contributed by atoms with van der Waals surface area (Å²) in [7, 11) is 0. The Hall–Kier alpha value is -0.940. The van der Waals surface area contributed by atoms with Crippen LogP contribution in [0.1, 0.15) is 66.3 Å². The van der Waals surface area contributed by atoms with Crippen molar-refractivity contribution in [1.82, 2.24) is 14.8 Å². The molecule has 1 aromatic heterocycles. The molecule has 2 aliphatic rings. The van der Waals surface area contributed by atoms with E-state index in [1.807, 2.05) is 11.8 Å². The number of aromatic nitrogens is 1.